The first-order chi connectivity index (χ1) is 7.58. The van der Waals surface area contributed by atoms with Gasteiger partial charge in [0.05, 0.1) is 6.04 Å². The molecule has 16 heavy (non-hydrogen) atoms. The molecule has 0 aromatic carbocycles. The molecule has 3 heteroatoms. The maximum atomic E-state index is 13.5. The third kappa shape index (κ3) is 6.41. The molecule has 0 aliphatic carbocycles. The van der Waals surface area contributed by atoms with Crippen LogP contribution in [0.2, 0.25) is 0 Å². The van der Waals surface area contributed by atoms with Crippen LogP contribution in [0, 0.1) is 0 Å². The molecule has 0 aliphatic heterocycles. The zero-order valence-electron chi connectivity index (χ0n) is 11.0. The molecular weight excluding hydrogens is 208 g/mol. The second-order valence-corrected chi connectivity index (χ2v) is 4.47. The summed E-state index contributed by atoms with van der Waals surface area (Å²) < 4.78 is 27.0. The molecule has 0 radical (unpaired) electrons. The number of unbranched alkanes of at least 4 members (excludes halogenated alkanes) is 3. The third-order valence-electron chi connectivity index (χ3n) is 2.98. The lowest BCUT2D eigenvalue weighted by atomic mass is 10.0. The van der Waals surface area contributed by atoms with Crippen molar-refractivity contribution in [3.05, 3.63) is 0 Å². The Kier molecular flexibility index (Phi) is 8.81. The Morgan fingerprint density at radius 2 is 1.69 bits per heavy atom. The van der Waals surface area contributed by atoms with Gasteiger partial charge in [-0.25, -0.2) is 8.78 Å². The Balaban J connectivity index is 3.85. The summed E-state index contributed by atoms with van der Waals surface area (Å²) in [6, 6.07) is -0.635. The van der Waals surface area contributed by atoms with Gasteiger partial charge in [0.1, 0.15) is 0 Å². The van der Waals surface area contributed by atoms with Gasteiger partial charge in [-0.05, 0) is 19.4 Å². The third-order valence-corrected chi connectivity index (χ3v) is 2.98. The number of halogens is 2. The van der Waals surface area contributed by atoms with Crippen LogP contribution in [0.4, 0.5) is 8.78 Å². The maximum absolute atomic E-state index is 13.5. The smallest absolute Gasteiger partial charge is 0.262 e. The largest absolute Gasteiger partial charge is 0.309 e. The topological polar surface area (TPSA) is 12.0 Å². The monoisotopic (exact) mass is 235 g/mol. The van der Waals surface area contributed by atoms with Crippen LogP contribution >= 0.6 is 0 Å². The van der Waals surface area contributed by atoms with E-state index in [4.69, 9.17) is 0 Å². The van der Waals surface area contributed by atoms with Gasteiger partial charge in [-0.2, -0.15) is 0 Å². The first-order valence-electron chi connectivity index (χ1n) is 6.69. The van der Waals surface area contributed by atoms with E-state index in [0.29, 0.717) is 6.42 Å². The van der Waals surface area contributed by atoms with E-state index in [0.717, 1.165) is 25.8 Å². The highest BCUT2D eigenvalue weighted by atomic mass is 19.3. The van der Waals surface area contributed by atoms with Crippen molar-refractivity contribution < 1.29 is 8.78 Å². The van der Waals surface area contributed by atoms with Gasteiger partial charge in [0.2, 0.25) is 0 Å². The molecule has 1 atom stereocenters. The second-order valence-electron chi connectivity index (χ2n) is 4.47. The fourth-order valence-corrected chi connectivity index (χ4v) is 1.83. The molecule has 98 valence electrons. The minimum Gasteiger partial charge on any atom is -0.309 e. The summed E-state index contributed by atoms with van der Waals surface area (Å²) in [5.74, 6) is -2.55. The van der Waals surface area contributed by atoms with Crippen LogP contribution in [0.25, 0.3) is 0 Å². The van der Waals surface area contributed by atoms with E-state index in [1.54, 1.807) is 6.92 Å². The van der Waals surface area contributed by atoms with Gasteiger partial charge >= 0.3 is 0 Å². The van der Waals surface area contributed by atoms with Gasteiger partial charge < -0.3 is 5.32 Å². The molecule has 0 aromatic rings. The van der Waals surface area contributed by atoms with Crippen molar-refractivity contribution >= 4 is 0 Å². The van der Waals surface area contributed by atoms with E-state index < -0.39 is 12.0 Å². The van der Waals surface area contributed by atoms with Crippen molar-refractivity contribution in [2.75, 3.05) is 6.54 Å². The quantitative estimate of drug-likeness (QED) is 0.554. The van der Waals surface area contributed by atoms with Crippen molar-refractivity contribution in [2.24, 2.45) is 0 Å². The Bertz CT molecular complexity index is 160. The van der Waals surface area contributed by atoms with Crippen LogP contribution in [0.3, 0.4) is 0 Å². The zero-order chi connectivity index (χ0) is 12.4. The van der Waals surface area contributed by atoms with Gasteiger partial charge in [-0.3, -0.25) is 0 Å². The summed E-state index contributed by atoms with van der Waals surface area (Å²) >= 11 is 0. The predicted octanol–water partition coefficient (Wildman–Crippen LogP) is 4.37. The summed E-state index contributed by atoms with van der Waals surface area (Å²) in [5, 5.41) is 3.02. The van der Waals surface area contributed by atoms with Crippen LogP contribution in [0.5, 0.6) is 0 Å². The van der Waals surface area contributed by atoms with Gasteiger partial charge in [0.25, 0.3) is 5.92 Å². The van der Waals surface area contributed by atoms with Crippen molar-refractivity contribution in [3.8, 4) is 0 Å². The fraction of sp³-hybridized carbons (Fsp3) is 1.00. The first-order valence-corrected chi connectivity index (χ1v) is 6.69. The van der Waals surface area contributed by atoms with Crippen LogP contribution in [-0.2, 0) is 0 Å². The highest BCUT2D eigenvalue weighted by Crippen LogP contribution is 2.25. The number of hydrogen-bond donors (Lipinski definition) is 1. The summed E-state index contributed by atoms with van der Waals surface area (Å²) in [6.07, 6.45) is 5.83. The molecule has 0 saturated carbocycles. The van der Waals surface area contributed by atoms with E-state index in [9.17, 15) is 8.78 Å². The van der Waals surface area contributed by atoms with Gasteiger partial charge in [0.15, 0.2) is 0 Å². The number of nitrogens with one attached hydrogen (secondary N) is 1. The van der Waals surface area contributed by atoms with E-state index >= 15 is 0 Å². The molecule has 0 aromatic heterocycles. The summed E-state index contributed by atoms with van der Waals surface area (Å²) in [4.78, 5) is 0. The zero-order valence-corrected chi connectivity index (χ0v) is 11.0. The van der Waals surface area contributed by atoms with Crippen molar-refractivity contribution in [1.29, 1.82) is 0 Å². The summed E-state index contributed by atoms with van der Waals surface area (Å²) in [7, 11) is 0. The molecule has 0 heterocycles. The molecular formula is C13H27F2N. The standard InChI is InChI=1S/C13H27F2N/c1-4-7-8-9-11-16-12(10-5-2)13(14,15)6-3/h12,16H,4-11H2,1-3H3. The normalized spacial score (nSPS) is 14.1. The van der Waals surface area contributed by atoms with Gasteiger partial charge in [0, 0.05) is 6.42 Å². The van der Waals surface area contributed by atoms with Crippen molar-refractivity contribution in [1.82, 2.24) is 5.32 Å². The SMILES string of the molecule is CCCCCCNC(CCC)C(F)(F)CC. The van der Waals surface area contributed by atoms with E-state index in [2.05, 4.69) is 12.2 Å². The molecule has 0 rings (SSSR count). The average Bonchev–Trinajstić information content (AvgIpc) is 2.27. The summed E-state index contributed by atoms with van der Waals surface area (Å²) in [6.45, 7) is 6.39. The molecule has 0 aliphatic rings. The second kappa shape index (κ2) is 8.91. The van der Waals surface area contributed by atoms with Gasteiger partial charge in [-0.1, -0.05) is 46.5 Å². The number of rotatable bonds is 10. The number of hydrogen-bond acceptors (Lipinski definition) is 1. The van der Waals surface area contributed by atoms with E-state index in [1.165, 1.54) is 12.8 Å². The lowest BCUT2D eigenvalue weighted by Crippen LogP contribution is -2.44. The lowest BCUT2D eigenvalue weighted by molar-refractivity contribution is -0.0431. The van der Waals surface area contributed by atoms with Crippen LogP contribution in [0.15, 0.2) is 0 Å². The Morgan fingerprint density at radius 3 is 2.19 bits per heavy atom. The Morgan fingerprint density at radius 1 is 1.00 bits per heavy atom. The molecule has 1 nitrogen and oxygen atoms in total. The maximum Gasteiger partial charge on any atom is 0.262 e. The molecule has 1 unspecified atom stereocenters. The van der Waals surface area contributed by atoms with E-state index in [-0.39, 0.29) is 6.42 Å². The molecule has 0 amide bonds. The average molecular weight is 235 g/mol. The minimum atomic E-state index is -2.55. The molecule has 0 spiro atoms. The highest BCUT2D eigenvalue weighted by molar-refractivity contribution is 4.81. The fourth-order valence-electron chi connectivity index (χ4n) is 1.83. The number of alkyl halides is 2. The van der Waals surface area contributed by atoms with Crippen molar-refractivity contribution in [3.63, 3.8) is 0 Å². The van der Waals surface area contributed by atoms with Crippen molar-refractivity contribution in [2.45, 2.75) is 77.7 Å². The molecule has 0 fully saturated rings. The van der Waals surface area contributed by atoms with Crippen LogP contribution in [-0.4, -0.2) is 18.5 Å². The summed E-state index contributed by atoms with van der Waals surface area (Å²) in [5.41, 5.74) is 0. The highest BCUT2D eigenvalue weighted by Gasteiger charge is 2.36. The van der Waals surface area contributed by atoms with Crippen LogP contribution in [0.1, 0.15) is 65.7 Å². The Labute approximate surface area is 99.0 Å². The lowest BCUT2D eigenvalue weighted by Gasteiger charge is -2.26. The van der Waals surface area contributed by atoms with E-state index in [1.807, 2.05) is 6.92 Å². The van der Waals surface area contributed by atoms with Gasteiger partial charge in [-0.15, -0.1) is 0 Å². The van der Waals surface area contributed by atoms with Crippen LogP contribution < -0.4 is 5.32 Å². The minimum absolute atomic E-state index is 0.0698. The first kappa shape index (κ1) is 15.8. The predicted molar refractivity (Wildman–Crippen MR) is 66.1 cm³/mol. The molecule has 0 bridgehead atoms. The molecule has 1 N–H and O–H groups in total. The Hall–Kier alpha value is -0.180. The molecule has 0 saturated heterocycles.